The molecule has 0 bridgehead atoms. The number of hydrogen-bond acceptors (Lipinski definition) is 1. The van der Waals surface area contributed by atoms with Gasteiger partial charge in [-0.15, -0.1) is 11.6 Å². The highest BCUT2D eigenvalue weighted by Gasteiger charge is 2.18. The van der Waals surface area contributed by atoms with Crippen LogP contribution < -0.4 is 5.32 Å². The summed E-state index contributed by atoms with van der Waals surface area (Å²) in [4.78, 5) is 0. The Labute approximate surface area is 103 Å². The van der Waals surface area contributed by atoms with Gasteiger partial charge < -0.3 is 5.32 Å². The van der Waals surface area contributed by atoms with E-state index in [1.807, 2.05) is 0 Å². The standard InChI is InChI=1S/C14H20ClN/c15-11-14(16-13-8-4-5-9-13)10-12-6-2-1-3-7-12/h1-3,6-7,13-14,16H,4-5,8-11H2. The third kappa shape index (κ3) is 3.50. The molecule has 1 aromatic carbocycles. The molecule has 2 rings (SSSR count). The lowest BCUT2D eigenvalue weighted by Gasteiger charge is -2.21. The van der Waals surface area contributed by atoms with Crippen LogP contribution in [-0.4, -0.2) is 18.0 Å². The molecule has 16 heavy (non-hydrogen) atoms. The number of halogens is 1. The fourth-order valence-corrected chi connectivity index (χ4v) is 2.68. The minimum absolute atomic E-state index is 0.423. The Morgan fingerprint density at radius 2 is 1.88 bits per heavy atom. The van der Waals surface area contributed by atoms with E-state index < -0.39 is 0 Å². The van der Waals surface area contributed by atoms with Crippen molar-refractivity contribution in [2.75, 3.05) is 5.88 Å². The maximum absolute atomic E-state index is 6.03. The molecule has 1 fully saturated rings. The molecule has 0 radical (unpaired) electrons. The second-order valence-electron chi connectivity index (χ2n) is 4.69. The van der Waals surface area contributed by atoms with Crippen LogP contribution in [0.1, 0.15) is 31.2 Å². The molecule has 1 unspecified atom stereocenters. The fourth-order valence-electron chi connectivity index (χ4n) is 2.48. The van der Waals surface area contributed by atoms with Gasteiger partial charge >= 0.3 is 0 Å². The average Bonchev–Trinajstić information content (AvgIpc) is 2.82. The van der Waals surface area contributed by atoms with Crippen LogP contribution in [0, 0.1) is 0 Å². The van der Waals surface area contributed by atoms with Crippen LogP contribution in [0.3, 0.4) is 0 Å². The summed E-state index contributed by atoms with van der Waals surface area (Å²) in [5.74, 6) is 0.700. The summed E-state index contributed by atoms with van der Waals surface area (Å²) in [5.41, 5.74) is 1.37. The van der Waals surface area contributed by atoms with E-state index in [-0.39, 0.29) is 0 Å². The number of nitrogens with one attached hydrogen (secondary N) is 1. The van der Waals surface area contributed by atoms with Crippen LogP contribution in [0.15, 0.2) is 30.3 Å². The topological polar surface area (TPSA) is 12.0 Å². The van der Waals surface area contributed by atoms with Crippen molar-refractivity contribution in [2.45, 2.75) is 44.2 Å². The van der Waals surface area contributed by atoms with Crippen LogP contribution >= 0.6 is 11.6 Å². The second kappa shape index (κ2) is 6.27. The zero-order valence-electron chi connectivity index (χ0n) is 9.66. The maximum atomic E-state index is 6.03. The molecule has 1 saturated carbocycles. The first-order valence-corrected chi connectivity index (χ1v) is 6.78. The van der Waals surface area contributed by atoms with Crippen LogP contribution in [0.25, 0.3) is 0 Å². The Morgan fingerprint density at radius 1 is 1.19 bits per heavy atom. The lowest BCUT2D eigenvalue weighted by atomic mass is 10.1. The maximum Gasteiger partial charge on any atom is 0.0380 e. The third-order valence-corrected chi connectivity index (χ3v) is 3.71. The molecule has 1 atom stereocenters. The van der Waals surface area contributed by atoms with Gasteiger partial charge in [0.05, 0.1) is 0 Å². The Bertz CT molecular complexity index is 293. The van der Waals surface area contributed by atoms with Crippen LogP contribution in [0.2, 0.25) is 0 Å². The molecule has 0 heterocycles. The highest BCUT2D eigenvalue weighted by Crippen LogP contribution is 2.19. The van der Waals surface area contributed by atoms with Crippen molar-refractivity contribution in [1.29, 1.82) is 0 Å². The molecule has 0 aromatic heterocycles. The molecule has 0 saturated heterocycles. The zero-order chi connectivity index (χ0) is 11.2. The Balaban J connectivity index is 1.85. The van der Waals surface area contributed by atoms with E-state index in [2.05, 4.69) is 35.6 Å². The lowest BCUT2D eigenvalue weighted by Crippen LogP contribution is -2.39. The highest BCUT2D eigenvalue weighted by atomic mass is 35.5. The second-order valence-corrected chi connectivity index (χ2v) is 5.00. The van der Waals surface area contributed by atoms with Gasteiger partial charge in [-0.2, -0.15) is 0 Å². The van der Waals surface area contributed by atoms with Crippen molar-refractivity contribution < 1.29 is 0 Å². The quantitative estimate of drug-likeness (QED) is 0.775. The van der Waals surface area contributed by atoms with E-state index in [0.29, 0.717) is 18.0 Å². The minimum Gasteiger partial charge on any atom is -0.310 e. The monoisotopic (exact) mass is 237 g/mol. The number of benzene rings is 1. The summed E-state index contributed by atoms with van der Waals surface area (Å²) >= 11 is 6.03. The smallest absolute Gasteiger partial charge is 0.0380 e. The first-order valence-electron chi connectivity index (χ1n) is 6.24. The van der Waals surface area contributed by atoms with E-state index in [1.165, 1.54) is 31.2 Å². The summed E-state index contributed by atoms with van der Waals surface area (Å²) in [6.07, 6.45) is 6.43. The summed E-state index contributed by atoms with van der Waals surface area (Å²) in [5, 5.41) is 3.68. The molecule has 1 N–H and O–H groups in total. The lowest BCUT2D eigenvalue weighted by molar-refractivity contribution is 0.451. The van der Waals surface area contributed by atoms with Gasteiger partial charge in [-0.3, -0.25) is 0 Å². The van der Waals surface area contributed by atoms with Gasteiger partial charge in [0.2, 0.25) is 0 Å². The van der Waals surface area contributed by atoms with E-state index in [1.54, 1.807) is 0 Å². The largest absolute Gasteiger partial charge is 0.310 e. The first kappa shape index (κ1) is 11.9. The molecule has 2 heteroatoms. The van der Waals surface area contributed by atoms with Gasteiger partial charge in [0.15, 0.2) is 0 Å². The number of hydrogen-bond donors (Lipinski definition) is 1. The molecule has 1 aliphatic carbocycles. The summed E-state index contributed by atoms with van der Waals surface area (Å²) in [6, 6.07) is 11.7. The third-order valence-electron chi connectivity index (χ3n) is 3.34. The van der Waals surface area contributed by atoms with Crippen molar-refractivity contribution >= 4 is 11.6 Å². The van der Waals surface area contributed by atoms with Gasteiger partial charge in [0, 0.05) is 18.0 Å². The number of alkyl halides is 1. The van der Waals surface area contributed by atoms with Crippen LogP contribution in [0.5, 0.6) is 0 Å². The Morgan fingerprint density at radius 3 is 2.50 bits per heavy atom. The first-order chi connectivity index (χ1) is 7.88. The van der Waals surface area contributed by atoms with Crippen molar-refractivity contribution in [3.63, 3.8) is 0 Å². The predicted molar refractivity (Wildman–Crippen MR) is 70.0 cm³/mol. The van der Waals surface area contributed by atoms with Crippen LogP contribution in [-0.2, 0) is 6.42 Å². The number of rotatable bonds is 5. The zero-order valence-corrected chi connectivity index (χ0v) is 10.4. The van der Waals surface area contributed by atoms with Gasteiger partial charge in [-0.1, -0.05) is 43.2 Å². The highest BCUT2D eigenvalue weighted by molar-refractivity contribution is 6.18. The molecule has 1 nitrogen and oxygen atoms in total. The summed E-state index contributed by atoms with van der Waals surface area (Å²) in [6.45, 7) is 0. The Kier molecular flexibility index (Phi) is 4.68. The average molecular weight is 238 g/mol. The molecule has 0 spiro atoms. The predicted octanol–water partition coefficient (Wildman–Crippen LogP) is 3.37. The Hall–Kier alpha value is -0.530. The van der Waals surface area contributed by atoms with Gasteiger partial charge in [0.25, 0.3) is 0 Å². The van der Waals surface area contributed by atoms with Crippen molar-refractivity contribution in [1.82, 2.24) is 5.32 Å². The van der Waals surface area contributed by atoms with Gasteiger partial charge in [0.1, 0.15) is 0 Å². The van der Waals surface area contributed by atoms with Crippen molar-refractivity contribution in [3.8, 4) is 0 Å². The van der Waals surface area contributed by atoms with Crippen LogP contribution in [0.4, 0.5) is 0 Å². The molecular weight excluding hydrogens is 218 g/mol. The van der Waals surface area contributed by atoms with Gasteiger partial charge in [-0.25, -0.2) is 0 Å². The summed E-state index contributed by atoms with van der Waals surface area (Å²) in [7, 11) is 0. The van der Waals surface area contributed by atoms with Crippen molar-refractivity contribution in [2.24, 2.45) is 0 Å². The van der Waals surface area contributed by atoms with E-state index in [4.69, 9.17) is 11.6 Å². The summed E-state index contributed by atoms with van der Waals surface area (Å²) < 4.78 is 0. The van der Waals surface area contributed by atoms with E-state index in [0.717, 1.165) is 6.42 Å². The van der Waals surface area contributed by atoms with E-state index in [9.17, 15) is 0 Å². The SMILES string of the molecule is ClCC(Cc1ccccc1)NC1CCCC1. The fraction of sp³-hybridized carbons (Fsp3) is 0.571. The minimum atomic E-state index is 0.423. The molecule has 1 aromatic rings. The van der Waals surface area contributed by atoms with E-state index >= 15 is 0 Å². The van der Waals surface area contributed by atoms with Gasteiger partial charge in [-0.05, 0) is 24.8 Å². The normalized spacial score (nSPS) is 18.8. The molecule has 0 amide bonds. The molecular formula is C14H20ClN. The molecule has 88 valence electrons. The van der Waals surface area contributed by atoms with Crippen molar-refractivity contribution in [3.05, 3.63) is 35.9 Å². The molecule has 0 aliphatic heterocycles. The molecule has 1 aliphatic rings.